The third kappa shape index (κ3) is 2.58. The van der Waals surface area contributed by atoms with Crippen molar-refractivity contribution in [2.45, 2.75) is 51.6 Å². The highest BCUT2D eigenvalue weighted by molar-refractivity contribution is 5.81. The molecule has 0 spiro atoms. The van der Waals surface area contributed by atoms with Gasteiger partial charge in [-0.2, -0.15) is 0 Å². The van der Waals surface area contributed by atoms with Crippen molar-refractivity contribution in [2.75, 3.05) is 19.7 Å². The maximum atomic E-state index is 12.4. The fraction of sp³-hybridized carbons (Fsp3) is 0.550. The Morgan fingerprint density at radius 1 is 1.25 bits per heavy atom. The van der Waals surface area contributed by atoms with Crippen LogP contribution in [0.2, 0.25) is 0 Å². The Morgan fingerprint density at radius 2 is 2.04 bits per heavy atom. The second kappa shape index (κ2) is 5.54. The lowest BCUT2D eigenvalue weighted by Crippen LogP contribution is -2.37. The molecule has 0 bridgehead atoms. The number of fused-ring (bicyclic) bond motifs is 2. The third-order valence-corrected chi connectivity index (χ3v) is 5.15. The molecule has 128 valence electrons. The standard InChI is InChI=1S/C20H25NO3/c1-20(2,3)24-19(22)21-10-7-13-14(8-11-21)16-9-12-23-17-6-4-5-15(13)18(16)17/h4-6,16H,7-12H2,1-3H3. The molecule has 1 aromatic rings. The van der Waals surface area contributed by atoms with Gasteiger partial charge in [-0.05, 0) is 57.2 Å². The summed E-state index contributed by atoms with van der Waals surface area (Å²) in [7, 11) is 0. The second-order valence-electron chi connectivity index (χ2n) is 7.88. The Labute approximate surface area is 143 Å². The Hall–Kier alpha value is -1.97. The van der Waals surface area contributed by atoms with Gasteiger partial charge >= 0.3 is 6.09 Å². The van der Waals surface area contributed by atoms with Crippen LogP contribution in [0.3, 0.4) is 0 Å². The van der Waals surface area contributed by atoms with Gasteiger partial charge in [0, 0.05) is 24.6 Å². The minimum absolute atomic E-state index is 0.190. The Kier molecular flexibility index (Phi) is 3.59. The Balaban J connectivity index is 1.57. The topological polar surface area (TPSA) is 38.8 Å². The van der Waals surface area contributed by atoms with E-state index in [2.05, 4.69) is 18.2 Å². The van der Waals surface area contributed by atoms with E-state index in [4.69, 9.17) is 9.47 Å². The normalized spacial score (nSPS) is 22.5. The lowest BCUT2D eigenvalue weighted by atomic mass is 9.89. The largest absolute Gasteiger partial charge is 0.493 e. The van der Waals surface area contributed by atoms with Gasteiger partial charge in [0.05, 0.1) is 6.61 Å². The van der Waals surface area contributed by atoms with Crippen LogP contribution in [0, 0.1) is 0 Å². The maximum absolute atomic E-state index is 12.4. The van der Waals surface area contributed by atoms with Gasteiger partial charge in [-0.1, -0.05) is 17.7 Å². The molecule has 0 radical (unpaired) electrons. The van der Waals surface area contributed by atoms with Gasteiger partial charge < -0.3 is 14.4 Å². The van der Waals surface area contributed by atoms with E-state index in [0.29, 0.717) is 5.92 Å². The summed E-state index contributed by atoms with van der Waals surface area (Å²) in [6, 6.07) is 6.39. The van der Waals surface area contributed by atoms with E-state index >= 15 is 0 Å². The van der Waals surface area contributed by atoms with Gasteiger partial charge in [0.2, 0.25) is 0 Å². The van der Waals surface area contributed by atoms with Crippen LogP contribution in [0.4, 0.5) is 4.79 Å². The minimum Gasteiger partial charge on any atom is -0.493 e. The van der Waals surface area contributed by atoms with Crippen LogP contribution < -0.4 is 4.74 Å². The van der Waals surface area contributed by atoms with E-state index in [0.717, 1.165) is 44.7 Å². The molecule has 1 amide bonds. The van der Waals surface area contributed by atoms with Crippen molar-refractivity contribution in [1.29, 1.82) is 0 Å². The van der Waals surface area contributed by atoms with Crippen LogP contribution in [-0.2, 0) is 4.74 Å². The van der Waals surface area contributed by atoms with Crippen molar-refractivity contribution in [3.63, 3.8) is 0 Å². The number of ether oxygens (including phenoxy) is 2. The van der Waals surface area contributed by atoms with Gasteiger partial charge in [0.25, 0.3) is 0 Å². The molecule has 4 rings (SSSR count). The fourth-order valence-electron chi connectivity index (χ4n) is 4.20. The maximum Gasteiger partial charge on any atom is 0.410 e. The van der Waals surface area contributed by atoms with E-state index in [-0.39, 0.29) is 6.09 Å². The zero-order valence-electron chi connectivity index (χ0n) is 14.7. The van der Waals surface area contributed by atoms with Gasteiger partial charge in [-0.15, -0.1) is 0 Å². The molecule has 4 heteroatoms. The predicted molar refractivity (Wildman–Crippen MR) is 93.3 cm³/mol. The zero-order chi connectivity index (χ0) is 16.9. The first kappa shape index (κ1) is 15.6. The average Bonchev–Trinajstić information content (AvgIpc) is 2.69. The van der Waals surface area contributed by atoms with Gasteiger partial charge in [-0.3, -0.25) is 0 Å². The molecule has 1 aliphatic carbocycles. The lowest BCUT2D eigenvalue weighted by Gasteiger charge is -2.28. The van der Waals surface area contributed by atoms with Crippen LogP contribution in [0.1, 0.15) is 57.1 Å². The number of nitrogens with zero attached hydrogens (tertiary/aromatic N) is 1. The zero-order valence-corrected chi connectivity index (χ0v) is 14.7. The van der Waals surface area contributed by atoms with Gasteiger partial charge in [-0.25, -0.2) is 4.79 Å². The molecule has 0 saturated heterocycles. The first-order chi connectivity index (χ1) is 11.4. The van der Waals surface area contributed by atoms with E-state index in [1.54, 1.807) is 0 Å². The fourth-order valence-corrected chi connectivity index (χ4v) is 4.20. The smallest absolute Gasteiger partial charge is 0.410 e. The average molecular weight is 327 g/mol. The first-order valence-electron chi connectivity index (χ1n) is 8.90. The summed E-state index contributed by atoms with van der Waals surface area (Å²) in [5, 5.41) is 0. The van der Waals surface area contributed by atoms with Crippen LogP contribution in [-0.4, -0.2) is 36.3 Å². The molecule has 2 heterocycles. The Bertz CT molecular complexity index is 714. The molecule has 0 saturated carbocycles. The molecule has 1 atom stereocenters. The summed E-state index contributed by atoms with van der Waals surface area (Å²) in [6.07, 6.45) is 2.70. The van der Waals surface area contributed by atoms with Crippen molar-refractivity contribution in [2.24, 2.45) is 0 Å². The molecule has 2 aliphatic heterocycles. The number of carbonyl (C=O) groups excluding carboxylic acids is 1. The summed E-state index contributed by atoms with van der Waals surface area (Å²) in [5.74, 6) is 1.54. The summed E-state index contributed by atoms with van der Waals surface area (Å²) < 4.78 is 11.4. The van der Waals surface area contributed by atoms with Crippen LogP contribution in [0.5, 0.6) is 5.75 Å². The molecule has 1 aromatic carbocycles. The summed E-state index contributed by atoms with van der Waals surface area (Å²) in [5.41, 5.74) is 5.25. The third-order valence-electron chi connectivity index (χ3n) is 5.15. The van der Waals surface area contributed by atoms with Crippen LogP contribution in [0.25, 0.3) is 5.57 Å². The molecule has 1 unspecified atom stereocenters. The van der Waals surface area contributed by atoms with E-state index < -0.39 is 5.60 Å². The molecule has 24 heavy (non-hydrogen) atoms. The van der Waals surface area contributed by atoms with Crippen molar-refractivity contribution in [3.05, 3.63) is 34.9 Å². The molecule has 0 aromatic heterocycles. The van der Waals surface area contributed by atoms with Gasteiger partial charge in [0.1, 0.15) is 11.4 Å². The van der Waals surface area contributed by atoms with Crippen molar-refractivity contribution in [1.82, 2.24) is 4.90 Å². The number of hydrogen-bond acceptors (Lipinski definition) is 3. The first-order valence-corrected chi connectivity index (χ1v) is 8.90. The second-order valence-corrected chi connectivity index (χ2v) is 7.88. The van der Waals surface area contributed by atoms with E-state index in [1.807, 2.05) is 25.7 Å². The molecule has 0 fully saturated rings. The Morgan fingerprint density at radius 3 is 2.83 bits per heavy atom. The van der Waals surface area contributed by atoms with Crippen LogP contribution >= 0.6 is 0 Å². The molecule has 0 N–H and O–H groups in total. The number of hydrogen-bond donors (Lipinski definition) is 0. The van der Waals surface area contributed by atoms with E-state index in [1.165, 1.54) is 22.3 Å². The van der Waals surface area contributed by atoms with Gasteiger partial charge in [0.15, 0.2) is 0 Å². The number of amides is 1. The lowest BCUT2D eigenvalue weighted by molar-refractivity contribution is 0.0259. The quantitative estimate of drug-likeness (QED) is 0.711. The molecular formula is C20H25NO3. The van der Waals surface area contributed by atoms with Crippen molar-refractivity contribution >= 4 is 11.7 Å². The molecule has 4 nitrogen and oxygen atoms in total. The van der Waals surface area contributed by atoms with Crippen molar-refractivity contribution in [3.8, 4) is 5.75 Å². The molecular weight excluding hydrogens is 302 g/mol. The highest BCUT2D eigenvalue weighted by Gasteiger charge is 2.37. The number of carbonyl (C=O) groups is 1. The monoisotopic (exact) mass is 327 g/mol. The summed E-state index contributed by atoms with van der Waals surface area (Å²) in [6.45, 7) is 8.01. The van der Waals surface area contributed by atoms with Crippen LogP contribution in [0.15, 0.2) is 23.8 Å². The molecule has 3 aliphatic rings. The summed E-state index contributed by atoms with van der Waals surface area (Å²) in [4.78, 5) is 14.3. The highest BCUT2D eigenvalue weighted by atomic mass is 16.6. The van der Waals surface area contributed by atoms with Crippen molar-refractivity contribution < 1.29 is 14.3 Å². The number of rotatable bonds is 0. The highest BCUT2D eigenvalue weighted by Crippen LogP contribution is 2.52. The minimum atomic E-state index is -0.443. The SMILES string of the molecule is CC(C)(C)OC(=O)N1CCC2=C(CC1)C1CCOc3cccc2c31. The predicted octanol–water partition coefficient (Wildman–Crippen LogP) is 4.35. The number of benzene rings is 1. The van der Waals surface area contributed by atoms with E-state index in [9.17, 15) is 4.79 Å². The summed E-state index contributed by atoms with van der Waals surface area (Å²) >= 11 is 0.